The van der Waals surface area contributed by atoms with Gasteiger partial charge in [0.05, 0.1) is 5.69 Å². The maximum absolute atomic E-state index is 12.2. The van der Waals surface area contributed by atoms with Gasteiger partial charge in [0.15, 0.2) is 5.69 Å². The van der Waals surface area contributed by atoms with Gasteiger partial charge in [-0.05, 0) is 22.0 Å². The molecule has 2 nitrogen and oxygen atoms in total. The molecule has 0 spiro atoms. The van der Waals surface area contributed by atoms with Gasteiger partial charge in [-0.15, -0.1) is 0 Å². The summed E-state index contributed by atoms with van der Waals surface area (Å²) in [5.41, 5.74) is 3.51. The molecular formula is C6H3BrClF3N2. The molecule has 0 aromatic carbocycles. The largest absolute Gasteiger partial charge is 0.435 e. The van der Waals surface area contributed by atoms with Crippen molar-refractivity contribution >= 4 is 33.2 Å². The van der Waals surface area contributed by atoms with Crippen molar-refractivity contribution in [2.75, 3.05) is 5.73 Å². The highest BCUT2D eigenvalue weighted by atomic mass is 79.9. The van der Waals surface area contributed by atoms with Crippen molar-refractivity contribution < 1.29 is 13.2 Å². The van der Waals surface area contributed by atoms with E-state index in [1.54, 1.807) is 0 Å². The van der Waals surface area contributed by atoms with Gasteiger partial charge in [0.2, 0.25) is 0 Å². The smallest absolute Gasteiger partial charge is 0.396 e. The van der Waals surface area contributed by atoms with Gasteiger partial charge in [-0.1, -0.05) is 11.6 Å². The van der Waals surface area contributed by atoms with Gasteiger partial charge < -0.3 is 5.73 Å². The Hall–Kier alpha value is -0.490. The first kappa shape index (κ1) is 10.6. The molecule has 0 aliphatic carbocycles. The summed E-state index contributed by atoms with van der Waals surface area (Å²) in [5, 5.41) is -0.256. The zero-order chi connectivity index (χ0) is 10.2. The van der Waals surface area contributed by atoms with E-state index < -0.39 is 17.6 Å². The fourth-order valence-electron chi connectivity index (χ4n) is 0.711. The summed E-state index contributed by atoms with van der Waals surface area (Å²) in [5.74, 6) is 0. The highest BCUT2D eigenvalue weighted by Gasteiger charge is 2.36. The summed E-state index contributed by atoms with van der Waals surface area (Å²) in [6, 6.07) is 1.20. The molecule has 1 rings (SSSR count). The molecule has 0 saturated carbocycles. The summed E-state index contributed by atoms with van der Waals surface area (Å²) in [4.78, 5) is 3.09. The van der Waals surface area contributed by atoms with Crippen LogP contribution < -0.4 is 5.73 Å². The van der Waals surface area contributed by atoms with Crippen LogP contribution in [-0.2, 0) is 6.18 Å². The van der Waals surface area contributed by atoms with Crippen molar-refractivity contribution in [3.05, 3.63) is 21.4 Å². The molecule has 0 amide bonds. The number of hydrogen-bond acceptors (Lipinski definition) is 2. The van der Waals surface area contributed by atoms with E-state index in [-0.39, 0.29) is 9.63 Å². The van der Waals surface area contributed by atoms with E-state index in [9.17, 15) is 13.2 Å². The molecule has 0 aliphatic rings. The Bertz CT molecular complexity index is 339. The molecule has 0 radical (unpaired) electrons. The van der Waals surface area contributed by atoms with E-state index in [1.807, 2.05) is 0 Å². The fourth-order valence-corrected chi connectivity index (χ4v) is 1.44. The second-order valence-corrected chi connectivity index (χ2v) is 3.43. The number of halogens is 5. The predicted octanol–water partition coefficient (Wildman–Crippen LogP) is 3.10. The Labute approximate surface area is 85.0 Å². The molecule has 1 aromatic heterocycles. The Morgan fingerprint density at radius 3 is 2.46 bits per heavy atom. The SMILES string of the molecule is Nc1c(Br)cc(Cl)nc1C(F)(F)F. The van der Waals surface area contributed by atoms with Crippen LogP contribution in [0.2, 0.25) is 5.15 Å². The predicted molar refractivity (Wildman–Crippen MR) is 46.4 cm³/mol. The second kappa shape index (κ2) is 3.34. The van der Waals surface area contributed by atoms with Gasteiger partial charge in [0, 0.05) is 4.47 Å². The molecule has 7 heteroatoms. The quantitative estimate of drug-likeness (QED) is 0.739. The van der Waals surface area contributed by atoms with Crippen LogP contribution in [0.25, 0.3) is 0 Å². The molecule has 0 fully saturated rings. The summed E-state index contributed by atoms with van der Waals surface area (Å²) in [6.07, 6.45) is -4.59. The minimum Gasteiger partial charge on any atom is -0.396 e. The number of nitrogen functional groups attached to an aromatic ring is 1. The Balaban J connectivity index is 3.37. The fraction of sp³-hybridized carbons (Fsp3) is 0.167. The molecule has 1 heterocycles. The van der Waals surface area contributed by atoms with Crippen LogP contribution in [0.1, 0.15) is 5.69 Å². The van der Waals surface area contributed by atoms with Crippen LogP contribution in [0, 0.1) is 0 Å². The topological polar surface area (TPSA) is 38.9 Å². The van der Waals surface area contributed by atoms with Crippen LogP contribution >= 0.6 is 27.5 Å². The molecule has 1 aromatic rings. The van der Waals surface area contributed by atoms with Crippen molar-refractivity contribution in [1.82, 2.24) is 4.98 Å². The van der Waals surface area contributed by atoms with Gasteiger partial charge in [-0.2, -0.15) is 13.2 Å². The van der Waals surface area contributed by atoms with Crippen LogP contribution in [0.3, 0.4) is 0 Å². The van der Waals surface area contributed by atoms with Crippen LogP contribution in [0.15, 0.2) is 10.5 Å². The number of rotatable bonds is 0. The first-order valence-electron chi connectivity index (χ1n) is 3.01. The minimum atomic E-state index is -4.59. The third-order valence-electron chi connectivity index (χ3n) is 1.25. The first-order chi connectivity index (χ1) is 5.82. The molecule has 0 aliphatic heterocycles. The number of aromatic nitrogens is 1. The van der Waals surface area contributed by atoms with E-state index in [4.69, 9.17) is 17.3 Å². The molecule has 0 unspecified atom stereocenters. The van der Waals surface area contributed by atoms with Crippen molar-refractivity contribution in [3.8, 4) is 0 Å². The zero-order valence-electron chi connectivity index (χ0n) is 5.99. The van der Waals surface area contributed by atoms with Crippen molar-refractivity contribution in [3.63, 3.8) is 0 Å². The van der Waals surface area contributed by atoms with Crippen LogP contribution in [0.5, 0.6) is 0 Å². The van der Waals surface area contributed by atoms with E-state index in [1.165, 1.54) is 6.07 Å². The molecule has 2 N–H and O–H groups in total. The highest BCUT2D eigenvalue weighted by Crippen LogP contribution is 2.36. The van der Waals surface area contributed by atoms with Gasteiger partial charge in [-0.3, -0.25) is 0 Å². The van der Waals surface area contributed by atoms with Crippen molar-refractivity contribution in [1.29, 1.82) is 0 Å². The second-order valence-electron chi connectivity index (χ2n) is 2.19. The van der Waals surface area contributed by atoms with E-state index >= 15 is 0 Å². The molecular weight excluding hydrogens is 272 g/mol. The summed E-state index contributed by atoms with van der Waals surface area (Å²) < 4.78 is 36.6. The lowest BCUT2D eigenvalue weighted by Gasteiger charge is -2.09. The van der Waals surface area contributed by atoms with Crippen LogP contribution in [0.4, 0.5) is 18.9 Å². The Kier molecular flexibility index (Phi) is 2.72. The number of alkyl halides is 3. The van der Waals surface area contributed by atoms with E-state index in [2.05, 4.69) is 20.9 Å². The van der Waals surface area contributed by atoms with Gasteiger partial charge >= 0.3 is 6.18 Å². The maximum atomic E-state index is 12.2. The minimum absolute atomic E-state index is 0.0832. The summed E-state index contributed by atoms with van der Waals surface area (Å²) in [6.45, 7) is 0. The van der Waals surface area contributed by atoms with E-state index in [0.717, 1.165) is 0 Å². The lowest BCUT2D eigenvalue weighted by molar-refractivity contribution is -0.140. The maximum Gasteiger partial charge on any atom is 0.435 e. The molecule has 0 saturated heterocycles. The van der Waals surface area contributed by atoms with Crippen molar-refractivity contribution in [2.45, 2.75) is 6.18 Å². The molecule has 0 atom stereocenters. The average molecular weight is 275 g/mol. The highest BCUT2D eigenvalue weighted by molar-refractivity contribution is 9.10. The number of pyridine rings is 1. The normalized spacial score (nSPS) is 11.8. The van der Waals surface area contributed by atoms with Gasteiger partial charge in [0.1, 0.15) is 5.15 Å². The van der Waals surface area contributed by atoms with E-state index in [0.29, 0.717) is 0 Å². The lowest BCUT2D eigenvalue weighted by Crippen LogP contribution is -2.12. The Morgan fingerprint density at radius 1 is 1.46 bits per heavy atom. The zero-order valence-corrected chi connectivity index (χ0v) is 8.33. The molecule has 13 heavy (non-hydrogen) atoms. The Morgan fingerprint density at radius 2 is 2.00 bits per heavy atom. The van der Waals surface area contributed by atoms with Gasteiger partial charge in [0.25, 0.3) is 0 Å². The average Bonchev–Trinajstić information content (AvgIpc) is 1.94. The summed E-state index contributed by atoms with van der Waals surface area (Å²) in [7, 11) is 0. The number of nitrogens with two attached hydrogens (primary N) is 1. The number of hydrogen-bond donors (Lipinski definition) is 1. The molecule has 72 valence electrons. The number of nitrogens with zero attached hydrogens (tertiary/aromatic N) is 1. The van der Waals surface area contributed by atoms with Crippen LogP contribution in [-0.4, -0.2) is 4.98 Å². The first-order valence-corrected chi connectivity index (χ1v) is 4.18. The van der Waals surface area contributed by atoms with Gasteiger partial charge in [-0.25, -0.2) is 4.98 Å². The molecule has 0 bridgehead atoms. The summed E-state index contributed by atoms with van der Waals surface area (Å²) >= 11 is 8.17. The number of anilines is 1. The third kappa shape index (κ3) is 2.25. The lowest BCUT2D eigenvalue weighted by atomic mass is 10.3. The monoisotopic (exact) mass is 274 g/mol. The van der Waals surface area contributed by atoms with Crippen molar-refractivity contribution in [2.24, 2.45) is 0 Å². The standard InChI is InChI=1S/C6H3BrClF3N2/c7-2-1-3(8)13-5(4(2)12)6(9,10)11/h1H,12H2. The third-order valence-corrected chi connectivity index (χ3v) is 2.10.